The van der Waals surface area contributed by atoms with Crippen LogP contribution in [0.1, 0.15) is 84.2 Å². The van der Waals surface area contributed by atoms with Crippen LogP contribution in [0.3, 0.4) is 0 Å². The van der Waals surface area contributed by atoms with Crippen LogP contribution in [0, 0.1) is 0 Å². The summed E-state index contributed by atoms with van der Waals surface area (Å²) in [5, 5.41) is 20.0. The van der Waals surface area contributed by atoms with E-state index in [1.807, 2.05) is 27.7 Å². The van der Waals surface area contributed by atoms with Crippen molar-refractivity contribution in [1.82, 2.24) is 10.9 Å². The first-order chi connectivity index (χ1) is 13.3. The Balaban J connectivity index is 2.14. The molecule has 2 aromatic carbocycles. The van der Waals surface area contributed by atoms with Gasteiger partial charge in [-0.15, -0.1) is 0 Å². The molecule has 2 atom stereocenters. The van der Waals surface area contributed by atoms with Gasteiger partial charge in [-0.3, -0.25) is 20.4 Å². The van der Waals surface area contributed by atoms with Crippen molar-refractivity contribution in [2.24, 2.45) is 0 Å². The molecular formula is C22H28N2O4. The highest BCUT2D eigenvalue weighted by Crippen LogP contribution is 2.26. The lowest BCUT2D eigenvalue weighted by Gasteiger charge is -2.14. The highest BCUT2D eigenvalue weighted by Gasteiger charge is 2.17. The van der Waals surface area contributed by atoms with Gasteiger partial charge in [-0.05, 0) is 60.1 Å². The second-order valence-corrected chi connectivity index (χ2v) is 7.08. The van der Waals surface area contributed by atoms with Crippen LogP contribution < -0.4 is 10.9 Å². The minimum Gasteiger partial charge on any atom is -0.507 e. The predicted octanol–water partition coefficient (Wildman–Crippen LogP) is 4.20. The predicted molar refractivity (Wildman–Crippen MR) is 109 cm³/mol. The van der Waals surface area contributed by atoms with Gasteiger partial charge < -0.3 is 10.2 Å². The van der Waals surface area contributed by atoms with Gasteiger partial charge in [-0.25, -0.2) is 0 Å². The van der Waals surface area contributed by atoms with Gasteiger partial charge in [0.15, 0.2) is 0 Å². The standard InChI is InChI=1S/C22H28N2O4/c1-5-13(3)15-7-9-19(25)17(11-15)21(27)23-24-22(28)18-12-16(14(4)6-2)8-10-20(18)26/h7-14,25-26H,5-6H2,1-4H3,(H,23,27)(H,24,28). The number of benzene rings is 2. The fraction of sp³-hybridized carbons (Fsp3) is 0.364. The number of hydrogen-bond donors (Lipinski definition) is 4. The maximum atomic E-state index is 12.4. The Kier molecular flexibility index (Phi) is 7.04. The molecule has 2 amide bonds. The molecule has 0 aliphatic rings. The summed E-state index contributed by atoms with van der Waals surface area (Å²) < 4.78 is 0. The molecule has 2 unspecified atom stereocenters. The fourth-order valence-electron chi connectivity index (χ4n) is 2.80. The van der Waals surface area contributed by atoms with Crippen molar-refractivity contribution in [2.45, 2.75) is 52.4 Å². The van der Waals surface area contributed by atoms with Crippen LogP contribution in [-0.4, -0.2) is 22.0 Å². The molecule has 0 aliphatic heterocycles. The summed E-state index contributed by atoms with van der Waals surface area (Å²) in [5.41, 5.74) is 6.62. The second kappa shape index (κ2) is 9.26. The molecule has 0 spiro atoms. The van der Waals surface area contributed by atoms with Crippen LogP contribution in [0.2, 0.25) is 0 Å². The Morgan fingerprint density at radius 3 is 1.46 bits per heavy atom. The maximum Gasteiger partial charge on any atom is 0.273 e. The van der Waals surface area contributed by atoms with Gasteiger partial charge in [-0.1, -0.05) is 39.8 Å². The molecule has 0 saturated carbocycles. The molecule has 6 nitrogen and oxygen atoms in total. The SMILES string of the molecule is CCC(C)c1ccc(O)c(C(=O)NNC(=O)c2cc(C(C)CC)ccc2O)c1. The molecule has 6 heteroatoms. The Hall–Kier alpha value is -3.02. The van der Waals surface area contributed by atoms with Gasteiger partial charge in [0.1, 0.15) is 11.5 Å². The molecule has 0 saturated heterocycles. The highest BCUT2D eigenvalue weighted by molar-refractivity contribution is 6.01. The number of amides is 2. The average Bonchev–Trinajstić information content (AvgIpc) is 2.71. The number of hydrogen-bond acceptors (Lipinski definition) is 4. The van der Waals surface area contributed by atoms with Crippen LogP contribution in [0.5, 0.6) is 11.5 Å². The van der Waals surface area contributed by atoms with Gasteiger partial charge >= 0.3 is 0 Å². The maximum absolute atomic E-state index is 12.4. The molecule has 0 aromatic heterocycles. The molecule has 2 rings (SSSR count). The summed E-state index contributed by atoms with van der Waals surface area (Å²) in [6, 6.07) is 9.73. The van der Waals surface area contributed by atoms with Crippen molar-refractivity contribution in [2.75, 3.05) is 0 Å². The first-order valence-corrected chi connectivity index (χ1v) is 9.54. The van der Waals surface area contributed by atoms with Crippen LogP contribution in [-0.2, 0) is 0 Å². The van der Waals surface area contributed by atoms with Gasteiger partial charge in [-0.2, -0.15) is 0 Å². The molecule has 0 heterocycles. The lowest BCUT2D eigenvalue weighted by Crippen LogP contribution is -2.41. The summed E-state index contributed by atoms with van der Waals surface area (Å²) in [5.74, 6) is -1.12. The Bertz CT molecular complexity index is 792. The summed E-state index contributed by atoms with van der Waals surface area (Å²) in [6.07, 6.45) is 1.79. The van der Waals surface area contributed by atoms with E-state index >= 15 is 0 Å². The average molecular weight is 384 g/mol. The molecular weight excluding hydrogens is 356 g/mol. The molecule has 0 fully saturated rings. The van der Waals surface area contributed by atoms with E-state index in [0.717, 1.165) is 24.0 Å². The summed E-state index contributed by atoms with van der Waals surface area (Å²) in [4.78, 5) is 24.8. The van der Waals surface area contributed by atoms with E-state index in [9.17, 15) is 19.8 Å². The minimum absolute atomic E-state index is 0.0793. The minimum atomic E-state index is -0.631. The zero-order valence-corrected chi connectivity index (χ0v) is 16.7. The van der Waals surface area contributed by atoms with E-state index in [2.05, 4.69) is 10.9 Å². The van der Waals surface area contributed by atoms with Crippen LogP contribution >= 0.6 is 0 Å². The molecule has 2 aromatic rings. The van der Waals surface area contributed by atoms with Crippen LogP contribution in [0.4, 0.5) is 0 Å². The number of aromatic hydroxyl groups is 2. The smallest absolute Gasteiger partial charge is 0.273 e. The molecule has 28 heavy (non-hydrogen) atoms. The number of carbonyl (C=O) groups excluding carboxylic acids is 2. The van der Waals surface area contributed by atoms with Crippen molar-refractivity contribution >= 4 is 11.8 Å². The summed E-state index contributed by atoms with van der Waals surface area (Å²) >= 11 is 0. The summed E-state index contributed by atoms with van der Waals surface area (Å²) in [6.45, 7) is 8.14. The Morgan fingerprint density at radius 1 is 0.786 bits per heavy atom. The molecule has 150 valence electrons. The Morgan fingerprint density at radius 2 is 1.14 bits per heavy atom. The van der Waals surface area contributed by atoms with Crippen LogP contribution in [0.15, 0.2) is 36.4 Å². The van der Waals surface area contributed by atoms with E-state index < -0.39 is 11.8 Å². The van der Waals surface area contributed by atoms with E-state index in [1.54, 1.807) is 24.3 Å². The second-order valence-electron chi connectivity index (χ2n) is 7.08. The van der Waals surface area contributed by atoms with Crippen LogP contribution in [0.25, 0.3) is 0 Å². The molecule has 4 N–H and O–H groups in total. The van der Waals surface area contributed by atoms with Crippen molar-refractivity contribution < 1.29 is 19.8 Å². The summed E-state index contributed by atoms with van der Waals surface area (Å²) in [7, 11) is 0. The van der Waals surface area contributed by atoms with Crippen molar-refractivity contribution in [1.29, 1.82) is 0 Å². The highest BCUT2D eigenvalue weighted by atomic mass is 16.3. The number of hydrazine groups is 1. The van der Waals surface area contributed by atoms with Gasteiger partial charge in [0.25, 0.3) is 11.8 Å². The lowest BCUT2D eigenvalue weighted by atomic mass is 9.96. The third kappa shape index (κ3) is 4.82. The van der Waals surface area contributed by atoms with Gasteiger partial charge in [0.2, 0.25) is 0 Å². The molecule has 0 aliphatic carbocycles. The lowest BCUT2D eigenvalue weighted by molar-refractivity contribution is 0.0843. The zero-order chi connectivity index (χ0) is 20.8. The number of phenols is 2. The quantitative estimate of drug-likeness (QED) is 0.561. The number of rotatable bonds is 6. The Labute approximate surface area is 165 Å². The monoisotopic (exact) mass is 384 g/mol. The van der Waals surface area contributed by atoms with E-state index in [4.69, 9.17) is 0 Å². The van der Waals surface area contributed by atoms with E-state index in [-0.39, 0.29) is 34.5 Å². The topological polar surface area (TPSA) is 98.7 Å². The van der Waals surface area contributed by atoms with Crippen molar-refractivity contribution in [3.8, 4) is 11.5 Å². The van der Waals surface area contributed by atoms with Gasteiger partial charge in [0.05, 0.1) is 11.1 Å². The van der Waals surface area contributed by atoms with Crippen molar-refractivity contribution in [3.63, 3.8) is 0 Å². The molecule has 0 bridgehead atoms. The number of carbonyl (C=O) groups is 2. The number of nitrogens with one attached hydrogen (secondary N) is 2. The first kappa shape index (κ1) is 21.3. The van der Waals surface area contributed by atoms with Crippen molar-refractivity contribution in [3.05, 3.63) is 58.7 Å². The first-order valence-electron chi connectivity index (χ1n) is 9.54. The normalized spacial score (nSPS) is 12.9. The van der Waals surface area contributed by atoms with Gasteiger partial charge in [0, 0.05) is 0 Å². The third-order valence-electron chi connectivity index (χ3n) is 5.18. The van der Waals surface area contributed by atoms with E-state index in [0.29, 0.717) is 0 Å². The largest absolute Gasteiger partial charge is 0.507 e. The van der Waals surface area contributed by atoms with E-state index in [1.165, 1.54) is 12.1 Å². The third-order valence-corrected chi connectivity index (χ3v) is 5.18. The zero-order valence-electron chi connectivity index (χ0n) is 16.7. The fourth-order valence-corrected chi connectivity index (χ4v) is 2.80. The number of phenolic OH excluding ortho intramolecular Hbond substituents is 2. The molecule has 0 radical (unpaired) electrons.